The molecule has 0 heterocycles. The Kier molecular flexibility index (Phi) is 5.90. The van der Waals surface area contributed by atoms with Gasteiger partial charge in [0.2, 0.25) is 9.84 Å². The van der Waals surface area contributed by atoms with Crippen molar-refractivity contribution in [3.05, 3.63) is 0 Å². The Balaban J connectivity index is 0. The fraction of sp³-hybridized carbons (Fsp3) is 1.00. The molecule has 0 aliphatic rings. The lowest BCUT2D eigenvalue weighted by Gasteiger charge is -2.05. The third kappa shape index (κ3) is 4.13. The molecule has 2 N–H and O–H groups in total. The zero-order valence-corrected chi connectivity index (χ0v) is 7.60. The zero-order chi connectivity index (χ0) is 9.12. The number of halogens is 4. The quantitative estimate of drug-likeness (QED) is 0.772. The molecule has 0 aliphatic heterocycles. The van der Waals surface area contributed by atoms with Crippen molar-refractivity contribution < 1.29 is 21.6 Å². The molecule has 0 rings (SSSR count). The number of alkyl halides is 3. The summed E-state index contributed by atoms with van der Waals surface area (Å²) >= 11 is 0. The minimum atomic E-state index is -5.14. The number of hydrogen-bond donors (Lipinski definition) is 1. The molecule has 0 saturated carbocycles. The lowest BCUT2D eigenvalue weighted by Crippen LogP contribution is -2.27. The lowest BCUT2D eigenvalue weighted by molar-refractivity contribution is -0.0435. The molecule has 12 heavy (non-hydrogen) atoms. The highest BCUT2D eigenvalue weighted by Crippen LogP contribution is 2.23. The molecule has 0 bridgehead atoms. The highest BCUT2D eigenvalue weighted by atomic mass is 35.5. The molecular weight excluding hydrogens is 219 g/mol. The van der Waals surface area contributed by atoms with Crippen molar-refractivity contribution in [2.45, 2.75) is 11.9 Å². The normalized spacial score (nSPS) is 12.3. The van der Waals surface area contributed by atoms with E-state index in [0.29, 0.717) is 0 Å². The summed E-state index contributed by atoms with van der Waals surface area (Å²) in [4.78, 5) is 0. The summed E-state index contributed by atoms with van der Waals surface area (Å²) in [6, 6.07) is 0. The molecule has 0 aromatic heterocycles. The van der Waals surface area contributed by atoms with Crippen LogP contribution in [0.4, 0.5) is 13.2 Å². The van der Waals surface area contributed by atoms with Crippen molar-refractivity contribution in [2.24, 2.45) is 5.73 Å². The second-order valence-electron chi connectivity index (χ2n) is 1.91. The highest BCUT2D eigenvalue weighted by molar-refractivity contribution is 7.92. The summed E-state index contributed by atoms with van der Waals surface area (Å²) < 4.78 is 55.0. The van der Waals surface area contributed by atoms with Crippen LogP contribution in [0.2, 0.25) is 0 Å². The Hall–Kier alpha value is -0.0100. The summed E-state index contributed by atoms with van der Waals surface area (Å²) in [5, 5.41) is 0. The molecule has 0 aromatic rings. The largest absolute Gasteiger partial charge is 0.497 e. The first-order valence-corrected chi connectivity index (χ1v) is 4.45. The number of sulfone groups is 1. The fourth-order valence-corrected chi connectivity index (χ4v) is 1.17. The van der Waals surface area contributed by atoms with Gasteiger partial charge in [0, 0.05) is 0 Å². The first-order chi connectivity index (χ1) is 4.81. The van der Waals surface area contributed by atoms with Crippen LogP contribution in [0.3, 0.4) is 0 Å². The van der Waals surface area contributed by atoms with E-state index in [0.717, 1.165) is 0 Å². The predicted molar refractivity (Wildman–Crippen MR) is 40.8 cm³/mol. The van der Waals surface area contributed by atoms with Gasteiger partial charge in [-0.05, 0) is 13.0 Å². The van der Waals surface area contributed by atoms with Crippen LogP contribution in [-0.4, -0.2) is 26.2 Å². The van der Waals surface area contributed by atoms with E-state index in [4.69, 9.17) is 5.73 Å². The maximum Gasteiger partial charge on any atom is 0.497 e. The Morgan fingerprint density at radius 3 is 1.92 bits per heavy atom. The van der Waals surface area contributed by atoms with Crippen LogP contribution >= 0.6 is 12.4 Å². The van der Waals surface area contributed by atoms with E-state index in [1.165, 1.54) is 0 Å². The summed E-state index contributed by atoms with van der Waals surface area (Å²) in [6.07, 6.45) is -0.165. The Labute approximate surface area is 74.4 Å². The van der Waals surface area contributed by atoms with Crippen LogP contribution in [0.1, 0.15) is 6.42 Å². The van der Waals surface area contributed by atoms with Gasteiger partial charge in [0.05, 0.1) is 5.75 Å². The maximum atomic E-state index is 11.5. The van der Waals surface area contributed by atoms with Gasteiger partial charge in [-0.15, -0.1) is 12.4 Å². The summed E-state index contributed by atoms with van der Waals surface area (Å²) in [5.41, 5.74) is -0.290. The monoisotopic (exact) mass is 227 g/mol. The van der Waals surface area contributed by atoms with E-state index >= 15 is 0 Å². The van der Waals surface area contributed by atoms with Gasteiger partial charge in [-0.1, -0.05) is 0 Å². The lowest BCUT2D eigenvalue weighted by atomic mass is 10.5. The SMILES string of the molecule is Cl.NCCCS(=O)(=O)C(F)(F)F. The van der Waals surface area contributed by atoms with Crippen molar-refractivity contribution in [2.75, 3.05) is 12.3 Å². The van der Waals surface area contributed by atoms with Crippen molar-refractivity contribution in [3.8, 4) is 0 Å². The third-order valence-electron chi connectivity index (χ3n) is 0.970. The van der Waals surface area contributed by atoms with Crippen LogP contribution in [0.15, 0.2) is 0 Å². The molecule has 0 amide bonds. The molecule has 0 aliphatic carbocycles. The van der Waals surface area contributed by atoms with Gasteiger partial charge in [-0.25, -0.2) is 8.42 Å². The van der Waals surface area contributed by atoms with E-state index in [1.54, 1.807) is 0 Å². The number of nitrogens with two attached hydrogens (primary N) is 1. The molecule has 3 nitrogen and oxygen atoms in total. The molecule has 0 radical (unpaired) electrons. The molecule has 0 atom stereocenters. The third-order valence-corrected chi connectivity index (χ3v) is 2.50. The summed E-state index contributed by atoms with van der Waals surface area (Å²) in [6.45, 7) is -0.0602. The molecule has 0 fully saturated rings. The molecular formula is C4H9ClF3NO2S. The van der Waals surface area contributed by atoms with Crippen LogP contribution in [0.5, 0.6) is 0 Å². The van der Waals surface area contributed by atoms with E-state index in [2.05, 4.69) is 0 Å². The van der Waals surface area contributed by atoms with E-state index in [1.807, 2.05) is 0 Å². The van der Waals surface area contributed by atoms with Crippen LogP contribution in [-0.2, 0) is 9.84 Å². The van der Waals surface area contributed by atoms with Crippen LogP contribution < -0.4 is 5.73 Å². The van der Waals surface area contributed by atoms with E-state index < -0.39 is 21.1 Å². The Morgan fingerprint density at radius 2 is 1.67 bits per heavy atom. The summed E-state index contributed by atoms with van der Waals surface area (Å²) in [5.74, 6) is -0.924. The van der Waals surface area contributed by atoms with Gasteiger partial charge in [0.15, 0.2) is 0 Å². The zero-order valence-electron chi connectivity index (χ0n) is 5.97. The first-order valence-electron chi connectivity index (χ1n) is 2.80. The molecule has 0 spiro atoms. The van der Waals surface area contributed by atoms with Gasteiger partial charge in [-0.3, -0.25) is 0 Å². The Bertz CT molecular complexity index is 213. The van der Waals surface area contributed by atoms with Crippen LogP contribution in [0, 0.1) is 0 Å². The number of rotatable bonds is 3. The van der Waals surface area contributed by atoms with Crippen molar-refractivity contribution in [1.29, 1.82) is 0 Å². The smallest absolute Gasteiger partial charge is 0.330 e. The molecule has 0 aromatic carbocycles. The van der Waals surface area contributed by atoms with Gasteiger partial charge in [-0.2, -0.15) is 13.2 Å². The molecule has 0 unspecified atom stereocenters. The average molecular weight is 228 g/mol. The van der Waals surface area contributed by atoms with Gasteiger partial charge < -0.3 is 5.73 Å². The fourth-order valence-electron chi connectivity index (χ4n) is 0.389. The molecule has 76 valence electrons. The number of hydrogen-bond acceptors (Lipinski definition) is 3. The average Bonchev–Trinajstić information content (AvgIpc) is 1.81. The minimum absolute atomic E-state index is 0. The Morgan fingerprint density at radius 1 is 1.25 bits per heavy atom. The molecule has 0 saturated heterocycles. The first kappa shape index (κ1) is 14.5. The van der Waals surface area contributed by atoms with Gasteiger partial charge >= 0.3 is 5.51 Å². The topological polar surface area (TPSA) is 60.2 Å². The van der Waals surface area contributed by atoms with Gasteiger partial charge in [0.25, 0.3) is 0 Å². The minimum Gasteiger partial charge on any atom is -0.330 e. The summed E-state index contributed by atoms with van der Waals surface area (Å²) in [7, 11) is -4.94. The van der Waals surface area contributed by atoms with Gasteiger partial charge in [0.1, 0.15) is 0 Å². The molecule has 8 heteroatoms. The second kappa shape index (κ2) is 4.88. The highest BCUT2D eigenvalue weighted by Gasteiger charge is 2.44. The van der Waals surface area contributed by atoms with Crippen molar-refractivity contribution in [1.82, 2.24) is 0 Å². The standard InChI is InChI=1S/C4H8F3NO2S.ClH/c5-4(6,7)11(9,10)3-1-2-8;/h1-3,8H2;1H. The second-order valence-corrected chi connectivity index (χ2v) is 4.01. The van der Waals surface area contributed by atoms with Crippen LogP contribution in [0.25, 0.3) is 0 Å². The van der Waals surface area contributed by atoms with Crippen molar-refractivity contribution >= 4 is 22.2 Å². The van der Waals surface area contributed by atoms with E-state index in [9.17, 15) is 21.6 Å². The maximum absolute atomic E-state index is 11.5. The van der Waals surface area contributed by atoms with E-state index in [-0.39, 0.29) is 25.4 Å². The van der Waals surface area contributed by atoms with Crippen molar-refractivity contribution in [3.63, 3.8) is 0 Å². The predicted octanol–water partition coefficient (Wildman–Crippen LogP) is 0.692.